The Morgan fingerprint density at radius 1 is 1.27 bits per heavy atom. The molecule has 2 unspecified atom stereocenters. The molecule has 0 radical (unpaired) electrons. The Hall–Kier alpha value is -0.770. The van der Waals surface area contributed by atoms with E-state index in [1.54, 1.807) is 0 Å². The fourth-order valence-electron chi connectivity index (χ4n) is 1.03. The van der Waals surface area contributed by atoms with Gasteiger partial charge < -0.3 is 15.7 Å². The van der Waals surface area contributed by atoms with Gasteiger partial charge in [0.25, 0.3) is 0 Å². The van der Waals surface area contributed by atoms with Crippen LogP contribution in [0, 0.1) is 11.8 Å². The van der Waals surface area contributed by atoms with Crippen molar-refractivity contribution >= 4 is 6.03 Å². The molecule has 0 aliphatic carbocycles. The summed E-state index contributed by atoms with van der Waals surface area (Å²) in [6, 6.07) is -0.155. The number of hydrogen-bond donors (Lipinski definition) is 3. The molecule has 90 valence electrons. The number of aliphatic hydroxyl groups excluding tert-OH is 1. The summed E-state index contributed by atoms with van der Waals surface area (Å²) in [5.41, 5.74) is 0. The van der Waals surface area contributed by atoms with E-state index in [2.05, 4.69) is 24.5 Å². The lowest BCUT2D eigenvalue weighted by Gasteiger charge is -2.19. The van der Waals surface area contributed by atoms with Gasteiger partial charge in [0, 0.05) is 19.2 Å². The van der Waals surface area contributed by atoms with Crippen LogP contribution in [0.3, 0.4) is 0 Å². The molecular formula is C11H24N2O2. The Balaban J connectivity index is 3.64. The van der Waals surface area contributed by atoms with Gasteiger partial charge >= 0.3 is 6.03 Å². The van der Waals surface area contributed by atoms with Gasteiger partial charge in [-0.3, -0.25) is 0 Å². The lowest BCUT2D eigenvalue weighted by Crippen LogP contribution is -2.44. The van der Waals surface area contributed by atoms with Crippen LogP contribution in [0.25, 0.3) is 0 Å². The van der Waals surface area contributed by atoms with Gasteiger partial charge in [-0.15, -0.1) is 0 Å². The SMILES string of the molecule is CC(C)CCNC(=O)NC(C)C(C)CO. The Morgan fingerprint density at radius 3 is 2.33 bits per heavy atom. The first-order valence-electron chi connectivity index (χ1n) is 5.62. The summed E-state index contributed by atoms with van der Waals surface area (Å²) in [6.45, 7) is 8.82. The number of amides is 2. The van der Waals surface area contributed by atoms with Crippen molar-refractivity contribution in [3.8, 4) is 0 Å². The molecule has 0 saturated carbocycles. The van der Waals surface area contributed by atoms with Crippen LogP contribution in [0.5, 0.6) is 0 Å². The Kier molecular flexibility index (Phi) is 7.13. The van der Waals surface area contributed by atoms with Crippen LogP contribution in [0.4, 0.5) is 4.79 Å². The summed E-state index contributed by atoms with van der Waals surface area (Å²) in [7, 11) is 0. The maximum Gasteiger partial charge on any atom is 0.315 e. The predicted octanol–water partition coefficient (Wildman–Crippen LogP) is 1.35. The minimum atomic E-state index is -0.150. The molecule has 0 aromatic carbocycles. The van der Waals surface area contributed by atoms with Crippen molar-refractivity contribution in [3.05, 3.63) is 0 Å². The number of nitrogens with one attached hydrogen (secondary N) is 2. The molecule has 2 amide bonds. The van der Waals surface area contributed by atoms with Gasteiger partial charge in [-0.05, 0) is 25.2 Å². The third-order valence-corrected chi connectivity index (χ3v) is 2.51. The van der Waals surface area contributed by atoms with Crippen molar-refractivity contribution in [1.29, 1.82) is 0 Å². The summed E-state index contributed by atoms with van der Waals surface area (Å²) in [5, 5.41) is 14.5. The van der Waals surface area contributed by atoms with Gasteiger partial charge in [0.15, 0.2) is 0 Å². The molecule has 3 N–H and O–H groups in total. The number of carbonyl (C=O) groups excluding carboxylic acids is 1. The summed E-state index contributed by atoms with van der Waals surface area (Å²) >= 11 is 0. The second-order valence-electron chi connectivity index (χ2n) is 4.53. The van der Waals surface area contributed by atoms with Crippen molar-refractivity contribution < 1.29 is 9.90 Å². The molecule has 0 bridgehead atoms. The molecule has 0 aliphatic heterocycles. The van der Waals surface area contributed by atoms with Crippen LogP contribution >= 0.6 is 0 Å². The van der Waals surface area contributed by atoms with Crippen molar-refractivity contribution in [2.24, 2.45) is 11.8 Å². The molecule has 0 aliphatic rings. The molecule has 4 nitrogen and oxygen atoms in total. The predicted molar refractivity (Wildman–Crippen MR) is 61.7 cm³/mol. The molecule has 0 saturated heterocycles. The average Bonchev–Trinajstić information content (AvgIpc) is 2.15. The fraction of sp³-hybridized carbons (Fsp3) is 0.909. The topological polar surface area (TPSA) is 61.4 Å². The minimum absolute atomic E-state index is 0.00551. The first-order valence-corrected chi connectivity index (χ1v) is 5.62. The van der Waals surface area contributed by atoms with Gasteiger partial charge in [0.2, 0.25) is 0 Å². The third-order valence-electron chi connectivity index (χ3n) is 2.51. The Labute approximate surface area is 92.4 Å². The number of urea groups is 1. The highest BCUT2D eigenvalue weighted by atomic mass is 16.3. The maximum absolute atomic E-state index is 11.4. The molecule has 0 spiro atoms. The van der Waals surface area contributed by atoms with Crippen LogP contribution in [0.1, 0.15) is 34.1 Å². The van der Waals surface area contributed by atoms with E-state index in [0.717, 1.165) is 6.42 Å². The minimum Gasteiger partial charge on any atom is -0.396 e. The zero-order valence-corrected chi connectivity index (χ0v) is 10.2. The van der Waals surface area contributed by atoms with Gasteiger partial charge in [0.1, 0.15) is 0 Å². The molecule has 0 aromatic heterocycles. The lowest BCUT2D eigenvalue weighted by molar-refractivity contribution is 0.200. The average molecular weight is 216 g/mol. The van der Waals surface area contributed by atoms with Crippen LogP contribution in [-0.2, 0) is 0 Å². The van der Waals surface area contributed by atoms with E-state index in [4.69, 9.17) is 5.11 Å². The largest absolute Gasteiger partial charge is 0.396 e. The van der Waals surface area contributed by atoms with E-state index in [1.807, 2.05) is 13.8 Å². The van der Waals surface area contributed by atoms with Gasteiger partial charge in [-0.25, -0.2) is 4.79 Å². The first kappa shape index (κ1) is 14.2. The molecule has 0 fully saturated rings. The van der Waals surface area contributed by atoms with Crippen LogP contribution in [-0.4, -0.2) is 30.3 Å². The standard InChI is InChI=1S/C11H24N2O2/c1-8(2)5-6-12-11(15)13-10(4)9(3)7-14/h8-10,14H,5-7H2,1-4H3,(H2,12,13,15). The first-order chi connectivity index (χ1) is 6.97. The second kappa shape index (κ2) is 7.51. The molecule has 15 heavy (non-hydrogen) atoms. The summed E-state index contributed by atoms with van der Waals surface area (Å²) < 4.78 is 0. The quantitative estimate of drug-likeness (QED) is 0.627. The Bertz CT molecular complexity index is 183. The number of hydrogen-bond acceptors (Lipinski definition) is 2. The highest BCUT2D eigenvalue weighted by Crippen LogP contribution is 2.00. The van der Waals surface area contributed by atoms with E-state index in [0.29, 0.717) is 12.5 Å². The number of rotatable bonds is 6. The summed E-state index contributed by atoms with van der Waals surface area (Å²) in [4.78, 5) is 11.4. The lowest BCUT2D eigenvalue weighted by atomic mass is 10.1. The molecule has 2 atom stereocenters. The fourth-order valence-corrected chi connectivity index (χ4v) is 1.03. The molecule has 4 heteroatoms. The molecule has 0 rings (SSSR count). The van der Waals surface area contributed by atoms with E-state index in [1.165, 1.54) is 0 Å². The zero-order chi connectivity index (χ0) is 11.8. The van der Waals surface area contributed by atoms with Gasteiger partial charge in [0.05, 0.1) is 0 Å². The van der Waals surface area contributed by atoms with E-state index in [9.17, 15) is 4.79 Å². The third kappa shape index (κ3) is 7.19. The zero-order valence-electron chi connectivity index (χ0n) is 10.2. The summed E-state index contributed by atoms with van der Waals surface area (Å²) in [5.74, 6) is 0.680. The van der Waals surface area contributed by atoms with Crippen molar-refractivity contribution in [2.75, 3.05) is 13.2 Å². The van der Waals surface area contributed by atoms with Crippen LogP contribution in [0.2, 0.25) is 0 Å². The highest BCUT2D eigenvalue weighted by molar-refractivity contribution is 5.74. The number of aliphatic hydroxyl groups is 1. The van der Waals surface area contributed by atoms with Crippen LogP contribution in [0.15, 0.2) is 0 Å². The monoisotopic (exact) mass is 216 g/mol. The van der Waals surface area contributed by atoms with Crippen LogP contribution < -0.4 is 10.6 Å². The summed E-state index contributed by atoms with van der Waals surface area (Å²) in [6.07, 6.45) is 0.983. The molecular weight excluding hydrogens is 192 g/mol. The van der Waals surface area contributed by atoms with E-state index in [-0.39, 0.29) is 24.6 Å². The second-order valence-corrected chi connectivity index (χ2v) is 4.53. The highest BCUT2D eigenvalue weighted by Gasteiger charge is 2.13. The normalized spacial score (nSPS) is 14.8. The van der Waals surface area contributed by atoms with E-state index < -0.39 is 0 Å². The molecule has 0 aromatic rings. The Morgan fingerprint density at radius 2 is 1.87 bits per heavy atom. The molecule has 0 heterocycles. The van der Waals surface area contributed by atoms with Gasteiger partial charge in [-0.1, -0.05) is 20.8 Å². The van der Waals surface area contributed by atoms with Gasteiger partial charge in [-0.2, -0.15) is 0 Å². The maximum atomic E-state index is 11.4. The van der Waals surface area contributed by atoms with E-state index >= 15 is 0 Å². The smallest absolute Gasteiger partial charge is 0.315 e. The number of carbonyl (C=O) groups is 1. The van der Waals surface area contributed by atoms with Crippen molar-refractivity contribution in [3.63, 3.8) is 0 Å². The van der Waals surface area contributed by atoms with Crippen molar-refractivity contribution in [2.45, 2.75) is 40.2 Å². The van der Waals surface area contributed by atoms with Crippen molar-refractivity contribution in [1.82, 2.24) is 10.6 Å².